The van der Waals surface area contributed by atoms with Crippen molar-refractivity contribution >= 4 is 12.0 Å². The van der Waals surface area contributed by atoms with Gasteiger partial charge in [0.15, 0.2) is 0 Å². The number of likely N-dealkylation sites (tertiary alicyclic amines) is 1. The average Bonchev–Trinajstić information content (AvgIpc) is 3.45. The predicted molar refractivity (Wildman–Crippen MR) is 91.3 cm³/mol. The number of amides is 2. The highest BCUT2D eigenvalue weighted by molar-refractivity contribution is 5.86. The number of aromatic nitrogens is 2. The molecule has 1 aliphatic carbocycles. The number of rotatable bonds is 2. The summed E-state index contributed by atoms with van der Waals surface area (Å²) in [6.45, 7) is 1.99. The van der Waals surface area contributed by atoms with E-state index in [0.717, 1.165) is 32.1 Å². The fourth-order valence-electron chi connectivity index (χ4n) is 4.16. The van der Waals surface area contributed by atoms with Crippen LogP contribution in [0.3, 0.4) is 0 Å². The minimum absolute atomic E-state index is 0.0659. The highest BCUT2D eigenvalue weighted by atomic mass is 16.5. The van der Waals surface area contributed by atoms with Crippen molar-refractivity contribution in [2.75, 3.05) is 26.7 Å². The second kappa shape index (κ2) is 6.69. The van der Waals surface area contributed by atoms with Crippen LogP contribution in [-0.2, 0) is 22.4 Å². The van der Waals surface area contributed by atoms with Gasteiger partial charge in [0.1, 0.15) is 6.04 Å². The van der Waals surface area contributed by atoms with Gasteiger partial charge in [0.25, 0.3) is 0 Å². The zero-order chi connectivity index (χ0) is 17.4. The van der Waals surface area contributed by atoms with Gasteiger partial charge in [0.2, 0.25) is 5.91 Å². The number of methoxy groups -OCH3 is 1. The lowest BCUT2D eigenvalue weighted by Gasteiger charge is -2.36. The molecule has 2 fully saturated rings. The third-order valence-corrected chi connectivity index (χ3v) is 5.72. The Labute approximate surface area is 147 Å². The average molecular weight is 346 g/mol. The fourth-order valence-corrected chi connectivity index (χ4v) is 4.16. The Bertz CT molecular complexity index is 667. The number of hydrogen-bond acceptors (Lipinski definition) is 4. The van der Waals surface area contributed by atoms with Gasteiger partial charge >= 0.3 is 6.09 Å². The number of aromatic amines is 1. The highest BCUT2D eigenvalue weighted by Gasteiger charge is 2.37. The monoisotopic (exact) mass is 346 g/mol. The van der Waals surface area contributed by atoms with Gasteiger partial charge in [-0.25, -0.2) is 4.79 Å². The smallest absolute Gasteiger partial charge is 0.410 e. The first kappa shape index (κ1) is 16.4. The molecule has 2 aliphatic heterocycles. The number of nitrogens with one attached hydrogen (secondary N) is 1. The first-order valence-electron chi connectivity index (χ1n) is 9.38. The summed E-state index contributed by atoms with van der Waals surface area (Å²) in [6.07, 6.45) is 6.38. The number of carbonyl (C=O) groups is 2. The predicted octanol–water partition coefficient (Wildman–Crippen LogP) is 1.84. The summed E-state index contributed by atoms with van der Waals surface area (Å²) in [4.78, 5) is 28.6. The summed E-state index contributed by atoms with van der Waals surface area (Å²) >= 11 is 0. The van der Waals surface area contributed by atoms with Gasteiger partial charge in [-0.2, -0.15) is 5.10 Å². The first-order valence-corrected chi connectivity index (χ1v) is 9.38. The third-order valence-electron chi connectivity index (χ3n) is 5.72. The first-order chi connectivity index (χ1) is 12.2. The van der Waals surface area contributed by atoms with Gasteiger partial charge in [-0.3, -0.25) is 14.8 Å². The van der Waals surface area contributed by atoms with Gasteiger partial charge in [0, 0.05) is 37.7 Å². The molecule has 25 heavy (non-hydrogen) atoms. The summed E-state index contributed by atoms with van der Waals surface area (Å²) in [6, 6.07) is -0.376. The molecule has 7 nitrogen and oxygen atoms in total. The zero-order valence-corrected chi connectivity index (χ0v) is 14.8. The minimum Gasteiger partial charge on any atom is -0.453 e. The summed E-state index contributed by atoms with van der Waals surface area (Å²) in [7, 11) is 1.38. The summed E-state index contributed by atoms with van der Waals surface area (Å²) in [5, 5.41) is 7.70. The van der Waals surface area contributed by atoms with Crippen molar-refractivity contribution in [3.8, 4) is 0 Å². The molecule has 1 saturated heterocycles. The van der Waals surface area contributed by atoms with Gasteiger partial charge in [-0.1, -0.05) is 0 Å². The SMILES string of the molecule is COC(=O)N1CCCCC1C(=O)N1CCc2[nH]nc(C3CC3)c2CC1. The number of nitrogens with zero attached hydrogens (tertiary/aromatic N) is 3. The van der Waals surface area contributed by atoms with Crippen LogP contribution in [0, 0.1) is 0 Å². The van der Waals surface area contributed by atoms with Gasteiger partial charge < -0.3 is 9.64 Å². The van der Waals surface area contributed by atoms with Crippen molar-refractivity contribution in [2.45, 2.75) is 56.9 Å². The maximum Gasteiger partial charge on any atom is 0.410 e. The van der Waals surface area contributed by atoms with E-state index in [0.29, 0.717) is 25.6 Å². The van der Waals surface area contributed by atoms with Crippen molar-refractivity contribution in [3.05, 3.63) is 17.0 Å². The standard InChI is InChI=1S/C18H26N4O3/c1-25-18(24)22-9-3-2-4-15(22)17(23)21-10-7-13-14(8-11-21)19-20-16(13)12-5-6-12/h12,15H,2-11H2,1H3,(H,19,20). The lowest BCUT2D eigenvalue weighted by Crippen LogP contribution is -2.53. The number of ether oxygens (including phenoxy) is 1. The van der Waals surface area contributed by atoms with E-state index in [1.807, 2.05) is 4.90 Å². The largest absolute Gasteiger partial charge is 0.453 e. The summed E-state index contributed by atoms with van der Waals surface area (Å²) in [5.74, 6) is 0.687. The Balaban J connectivity index is 1.46. The Morgan fingerprint density at radius 1 is 1.12 bits per heavy atom. The van der Waals surface area contributed by atoms with E-state index in [1.165, 1.54) is 36.9 Å². The van der Waals surface area contributed by atoms with E-state index >= 15 is 0 Å². The molecule has 1 aromatic heterocycles. The van der Waals surface area contributed by atoms with E-state index in [-0.39, 0.29) is 11.9 Å². The number of carbonyl (C=O) groups excluding carboxylic acids is 2. The van der Waals surface area contributed by atoms with E-state index in [4.69, 9.17) is 4.74 Å². The second-order valence-corrected chi connectivity index (χ2v) is 7.34. The molecule has 3 aliphatic rings. The molecular formula is C18H26N4O3. The molecule has 0 radical (unpaired) electrons. The van der Waals surface area contributed by atoms with Crippen LogP contribution in [-0.4, -0.2) is 64.8 Å². The highest BCUT2D eigenvalue weighted by Crippen LogP contribution is 2.41. The van der Waals surface area contributed by atoms with Gasteiger partial charge in [-0.05, 0) is 44.1 Å². The summed E-state index contributed by atoms with van der Waals surface area (Å²) in [5.41, 5.74) is 3.73. The van der Waals surface area contributed by atoms with E-state index < -0.39 is 6.09 Å². The van der Waals surface area contributed by atoms with Crippen molar-refractivity contribution in [1.82, 2.24) is 20.0 Å². The van der Waals surface area contributed by atoms with Crippen molar-refractivity contribution in [2.24, 2.45) is 0 Å². The summed E-state index contributed by atoms with van der Waals surface area (Å²) < 4.78 is 4.87. The Morgan fingerprint density at radius 2 is 1.92 bits per heavy atom. The molecule has 3 heterocycles. The van der Waals surface area contributed by atoms with Crippen LogP contribution in [0.2, 0.25) is 0 Å². The lowest BCUT2D eigenvalue weighted by molar-refractivity contribution is -0.137. The van der Waals surface area contributed by atoms with Crippen LogP contribution in [0.5, 0.6) is 0 Å². The third kappa shape index (κ3) is 3.12. The fraction of sp³-hybridized carbons (Fsp3) is 0.722. The van der Waals surface area contributed by atoms with Crippen LogP contribution in [0.25, 0.3) is 0 Å². The van der Waals surface area contributed by atoms with Crippen molar-refractivity contribution in [1.29, 1.82) is 0 Å². The molecule has 0 aromatic carbocycles. The number of hydrogen-bond donors (Lipinski definition) is 1. The Morgan fingerprint density at radius 3 is 2.68 bits per heavy atom. The van der Waals surface area contributed by atoms with Crippen LogP contribution in [0.4, 0.5) is 4.79 Å². The molecule has 136 valence electrons. The number of fused-ring (bicyclic) bond motifs is 1. The molecule has 1 unspecified atom stereocenters. The Kier molecular flexibility index (Phi) is 4.39. The normalized spacial score (nSPS) is 23.8. The minimum atomic E-state index is -0.390. The van der Waals surface area contributed by atoms with E-state index in [9.17, 15) is 9.59 Å². The van der Waals surface area contributed by atoms with Crippen LogP contribution < -0.4 is 0 Å². The van der Waals surface area contributed by atoms with Crippen molar-refractivity contribution < 1.29 is 14.3 Å². The quantitative estimate of drug-likeness (QED) is 0.886. The molecule has 1 N–H and O–H groups in total. The molecule has 1 atom stereocenters. The molecule has 2 amide bonds. The topological polar surface area (TPSA) is 78.5 Å². The number of H-pyrrole nitrogens is 1. The maximum absolute atomic E-state index is 13.1. The molecule has 7 heteroatoms. The second-order valence-electron chi connectivity index (χ2n) is 7.34. The molecule has 0 spiro atoms. The lowest BCUT2D eigenvalue weighted by atomic mass is 10.0. The molecule has 1 saturated carbocycles. The van der Waals surface area contributed by atoms with Crippen molar-refractivity contribution in [3.63, 3.8) is 0 Å². The van der Waals surface area contributed by atoms with Crippen LogP contribution >= 0.6 is 0 Å². The van der Waals surface area contributed by atoms with Crippen LogP contribution in [0.1, 0.15) is 55.0 Å². The van der Waals surface area contributed by atoms with E-state index in [1.54, 1.807) is 4.90 Å². The molecule has 1 aromatic rings. The molecular weight excluding hydrogens is 320 g/mol. The zero-order valence-electron chi connectivity index (χ0n) is 14.8. The van der Waals surface area contributed by atoms with E-state index in [2.05, 4.69) is 10.2 Å². The molecule has 0 bridgehead atoms. The van der Waals surface area contributed by atoms with Crippen LogP contribution in [0.15, 0.2) is 0 Å². The maximum atomic E-state index is 13.1. The molecule has 4 rings (SSSR count). The van der Waals surface area contributed by atoms with Gasteiger partial charge in [0.05, 0.1) is 12.8 Å². The van der Waals surface area contributed by atoms with Gasteiger partial charge in [-0.15, -0.1) is 0 Å². The number of piperidine rings is 1. The Hall–Kier alpha value is -2.05.